The van der Waals surface area contributed by atoms with Gasteiger partial charge in [-0.05, 0) is 54.5 Å². The first-order valence-electron chi connectivity index (χ1n) is 7.63. The topological polar surface area (TPSA) is 3.24 Å². The van der Waals surface area contributed by atoms with Crippen molar-refractivity contribution < 1.29 is 0 Å². The normalized spacial score (nSPS) is 17.0. The van der Waals surface area contributed by atoms with E-state index >= 15 is 0 Å². The third kappa shape index (κ3) is 3.55. The van der Waals surface area contributed by atoms with Gasteiger partial charge in [-0.3, -0.25) is 4.90 Å². The number of nitrogens with zero attached hydrogens (tertiary/aromatic N) is 1. The minimum Gasteiger partial charge on any atom is -0.298 e. The molecule has 0 spiro atoms. The van der Waals surface area contributed by atoms with E-state index in [9.17, 15) is 0 Å². The monoisotopic (exact) mass is 277 g/mol. The molecule has 1 heterocycles. The van der Waals surface area contributed by atoms with Gasteiger partial charge in [0.05, 0.1) is 0 Å². The van der Waals surface area contributed by atoms with Gasteiger partial charge in [0.1, 0.15) is 0 Å². The molecule has 2 rings (SSSR count). The van der Waals surface area contributed by atoms with Crippen molar-refractivity contribution in [3.8, 4) is 0 Å². The Bertz CT molecular complexity index is 390. The quantitative estimate of drug-likeness (QED) is 0.791. The van der Waals surface area contributed by atoms with Gasteiger partial charge in [-0.1, -0.05) is 38.1 Å². The molecule has 106 valence electrons. The molecule has 19 heavy (non-hydrogen) atoms. The van der Waals surface area contributed by atoms with Gasteiger partial charge >= 0.3 is 0 Å². The van der Waals surface area contributed by atoms with Gasteiger partial charge in [0.25, 0.3) is 0 Å². The van der Waals surface area contributed by atoms with Crippen LogP contribution in [0.3, 0.4) is 0 Å². The van der Waals surface area contributed by atoms with E-state index in [2.05, 4.69) is 55.6 Å². The molecule has 0 aliphatic carbocycles. The second-order valence-corrected chi connectivity index (χ2v) is 6.26. The third-order valence-electron chi connectivity index (χ3n) is 4.83. The molecule has 1 aromatic rings. The van der Waals surface area contributed by atoms with Crippen LogP contribution in [-0.4, -0.2) is 23.7 Å². The van der Waals surface area contributed by atoms with Crippen LogP contribution in [0.25, 0.3) is 0 Å². The van der Waals surface area contributed by atoms with Gasteiger partial charge in [-0.25, -0.2) is 0 Å². The van der Waals surface area contributed by atoms with Gasteiger partial charge in [-0.2, -0.15) is 12.6 Å². The Labute approximate surface area is 123 Å². The summed E-state index contributed by atoms with van der Waals surface area (Å²) in [5, 5.41) is 0. The lowest BCUT2D eigenvalue weighted by molar-refractivity contribution is 0.153. The van der Waals surface area contributed by atoms with Gasteiger partial charge in [0.2, 0.25) is 0 Å². The van der Waals surface area contributed by atoms with Crippen LogP contribution in [0, 0.1) is 5.41 Å². The fourth-order valence-electron chi connectivity index (χ4n) is 3.13. The molecular weight excluding hydrogens is 250 g/mol. The van der Waals surface area contributed by atoms with Gasteiger partial charge < -0.3 is 0 Å². The van der Waals surface area contributed by atoms with E-state index in [0.717, 1.165) is 12.3 Å². The summed E-state index contributed by atoms with van der Waals surface area (Å²) >= 11 is 4.62. The molecule has 0 N–H and O–H groups in total. The van der Waals surface area contributed by atoms with Crippen LogP contribution in [0.5, 0.6) is 0 Å². The summed E-state index contributed by atoms with van der Waals surface area (Å²) in [4.78, 5) is 2.65. The highest BCUT2D eigenvalue weighted by Crippen LogP contribution is 2.30. The number of rotatable bonds is 5. The molecule has 0 bridgehead atoms. The predicted octanol–water partition coefficient (Wildman–Crippen LogP) is 4.17. The fraction of sp³-hybridized carbons (Fsp3) is 0.647. The molecule has 1 aliphatic heterocycles. The summed E-state index contributed by atoms with van der Waals surface area (Å²) in [6, 6.07) is 8.94. The molecular formula is C17H27NS. The highest BCUT2D eigenvalue weighted by molar-refractivity contribution is 7.80. The van der Waals surface area contributed by atoms with Crippen LogP contribution in [0.4, 0.5) is 0 Å². The fourth-order valence-corrected chi connectivity index (χ4v) is 3.67. The zero-order chi connectivity index (χ0) is 13.7. The second-order valence-electron chi connectivity index (χ2n) is 5.95. The van der Waals surface area contributed by atoms with Crippen molar-refractivity contribution in [3.05, 3.63) is 35.4 Å². The van der Waals surface area contributed by atoms with E-state index in [4.69, 9.17) is 0 Å². The average molecular weight is 277 g/mol. The molecule has 0 radical (unpaired) electrons. The Kier molecular flexibility index (Phi) is 5.35. The molecule has 1 aliphatic rings. The van der Waals surface area contributed by atoms with E-state index < -0.39 is 0 Å². The Morgan fingerprint density at radius 3 is 2.47 bits per heavy atom. The van der Waals surface area contributed by atoms with Crippen LogP contribution in [0.15, 0.2) is 24.3 Å². The van der Waals surface area contributed by atoms with E-state index in [0.29, 0.717) is 5.41 Å². The largest absolute Gasteiger partial charge is 0.298 e. The molecule has 0 unspecified atom stereocenters. The van der Waals surface area contributed by atoms with Crippen LogP contribution in [0.1, 0.15) is 44.2 Å². The maximum absolute atomic E-state index is 4.62. The lowest BCUT2D eigenvalue weighted by Crippen LogP contribution is -2.38. The lowest BCUT2D eigenvalue weighted by atomic mass is 9.83. The maximum Gasteiger partial charge on any atom is 0.0236 e. The lowest BCUT2D eigenvalue weighted by Gasteiger charge is -2.36. The van der Waals surface area contributed by atoms with Crippen molar-refractivity contribution in [1.29, 1.82) is 0 Å². The van der Waals surface area contributed by atoms with Crippen molar-refractivity contribution in [1.82, 2.24) is 4.90 Å². The SMILES string of the molecule is CCC(CC)(CS)CN1CCCc2ccccc2C1. The zero-order valence-electron chi connectivity index (χ0n) is 12.4. The number of fused-ring (bicyclic) bond motifs is 1. The van der Waals surface area contributed by atoms with Crippen LogP contribution in [-0.2, 0) is 13.0 Å². The molecule has 0 aromatic heterocycles. The molecule has 0 amide bonds. The summed E-state index contributed by atoms with van der Waals surface area (Å²) in [6.45, 7) is 8.16. The van der Waals surface area contributed by atoms with Gasteiger partial charge in [0, 0.05) is 13.1 Å². The Hall–Kier alpha value is -0.470. The summed E-state index contributed by atoms with van der Waals surface area (Å²) in [5.41, 5.74) is 3.47. The van der Waals surface area contributed by atoms with Crippen molar-refractivity contribution >= 4 is 12.6 Å². The van der Waals surface area contributed by atoms with Crippen molar-refractivity contribution in [2.75, 3.05) is 18.8 Å². The van der Waals surface area contributed by atoms with Crippen LogP contribution < -0.4 is 0 Å². The summed E-state index contributed by atoms with van der Waals surface area (Å²) in [7, 11) is 0. The summed E-state index contributed by atoms with van der Waals surface area (Å²) in [5.74, 6) is 0.998. The molecule has 1 aromatic carbocycles. The minimum absolute atomic E-state index is 0.391. The first-order chi connectivity index (χ1) is 9.23. The van der Waals surface area contributed by atoms with Crippen LogP contribution in [0.2, 0.25) is 0 Å². The standard InChI is InChI=1S/C17H27NS/c1-3-17(4-2,14-19)13-18-11-7-10-15-8-5-6-9-16(15)12-18/h5-6,8-9,19H,3-4,7,10-14H2,1-2H3. The van der Waals surface area contributed by atoms with Crippen molar-refractivity contribution in [3.63, 3.8) is 0 Å². The molecule has 0 fully saturated rings. The highest BCUT2D eigenvalue weighted by Gasteiger charge is 2.28. The number of thiol groups is 1. The zero-order valence-corrected chi connectivity index (χ0v) is 13.3. The van der Waals surface area contributed by atoms with E-state index in [1.165, 1.54) is 44.3 Å². The summed E-state index contributed by atoms with van der Waals surface area (Å²) in [6.07, 6.45) is 4.97. The third-order valence-corrected chi connectivity index (χ3v) is 5.50. The smallest absolute Gasteiger partial charge is 0.0236 e. The van der Waals surface area contributed by atoms with Crippen molar-refractivity contribution in [2.24, 2.45) is 5.41 Å². The number of benzene rings is 1. The Morgan fingerprint density at radius 2 is 1.84 bits per heavy atom. The number of aryl methyl sites for hydroxylation is 1. The second kappa shape index (κ2) is 6.81. The van der Waals surface area contributed by atoms with Gasteiger partial charge in [-0.15, -0.1) is 0 Å². The number of hydrogen-bond acceptors (Lipinski definition) is 2. The van der Waals surface area contributed by atoms with E-state index in [1.54, 1.807) is 5.56 Å². The van der Waals surface area contributed by atoms with Crippen molar-refractivity contribution in [2.45, 2.75) is 46.1 Å². The summed E-state index contributed by atoms with van der Waals surface area (Å²) < 4.78 is 0. The van der Waals surface area contributed by atoms with Gasteiger partial charge in [0.15, 0.2) is 0 Å². The first-order valence-corrected chi connectivity index (χ1v) is 8.26. The highest BCUT2D eigenvalue weighted by atomic mass is 32.1. The van der Waals surface area contributed by atoms with Crippen LogP contribution >= 0.6 is 12.6 Å². The Morgan fingerprint density at radius 1 is 1.16 bits per heavy atom. The Balaban J connectivity index is 2.10. The molecule has 0 saturated heterocycles. The maximum atomic E-state index is 4.62. The molecule has 0 atom stereocenters. The molecule has 0 saturated carbocycles. The minimum atomic E-state index is 0.391. The average Bonchev–Trinajstić information content (AvgIpc) is 2.66. The van der Waals surface area contributed by atoms with E-state index in [-0.39, 0.29) is 0 Å². The first kappa shape index (κ1) is 14.9. The molecule has 2 heteroatoms. The predicted molar refractivity (Wildman–Crippen MR) is 86.9 cm³/mol. The number of hydrogen-bond donors (Lipinski definition) is 1. The van der Waals surface area contributed by atoms with E-state index in [1.807, 2.05) is 0 Å². The molecule has 1 nitrogen and oxygen atoms in total.